The molecule has 0 unspecified atom stereocenters. The highest BCUT2D eigenvalue weighted by molar-refractivity contribution is 6.04. The van der Waals surface area contributed by atoms with Gasteiger partial charge in [-0.1, -0.05) is 44.2 Å². The number of para-hydroxylation sites is 1. The number of benzene rings is 2. The second-order valence-electron chi connectivity index (χ2n) is 7.93. The highest BCUT2D eigenvalue weighted by Gasteiger charge is 2.18. The fourth-order valence-electron chi connectivity index (χ4n) is 3.58. The number of hydrogen-bond donors (Lipinski definition) is 1. The van der Waals surface area contributed by atoms with Crippen LogP contribution in [0.25, 0.3) is 16.7 Å². The molecule has 2 heterocycles. The van der Waals surface area contributed by atoms with Crippen molar-refractivity contribution in [3.63, 3.8) is 0 Å². The number of hydrogen-bond acceptors (Lipinski definition) is 4. The molecule has 0 fully saturated rings. The van der Waals surface area contributed by atoms with Gasteiger partial charge in [0.1, 0.15) is 11.6 Å². The van der Waals surface area contributed by atoms with Crippen LogP contribution in [0.15, 0.2) is 54.7 Å². The zero-order valence-corrected chi connectivity index (χ0v) is 18.0. The Hall–Kier alpha value is -3.98. The molecule has 1 N–H and O–H groups in total. The second-order valence-corrected chi connectivity index (χ2v) is 7.93. The summed E-state index contributed by atoms with van der Waals surface area (Å²) < 4.78 is 1.51. The van der Waals surface area contributed by atoms with E-state index in [-0.39, 0.29) is 11.5 Å². The molecule has 0 aliphatic heterocycles. The molecule has 0 aliphatic carbocycles. The molecule has 0 aliphatic rings. The molecular weight excluding hydrogens is 386 g/mol. The topological polar surface area (TPSA) is 83.6 Å². The van der Waals surface area contributed by atoms with E-state index in [0.29, 0.717) is 23.1 Å². The van der Waals surface area contributed by atoms with Crippen LogP contribution in [0.3, 0.4) is 0 Å². The fourth-order valence-corrected chi connectivity index (χ4v) is 3.58. The van der Waals surface area contributed by atoms with Crippen molar-refractivity contribution in [2.75, 3.05) is 5.32 Å². The third kappa shape index (κ3) is 3.78. The number of nitriles is 1. The molecule has 1 amide bonds. The molecule has 0 atom stereocenters. The van der Waals surface area contributed by atoms with Crippen molar-refractivity contribution in [3.8, 4) is 11.9 Å². The summed E-state index contributed by atoms with van der Waals surface area (Å²) in [6.45, 7) is 8.22. The molecule has 4 aromatic rings. The molecular formula is C25H23N5O. The number of nitrogens with zero attached hydrogens (tertiary/aromatic N) is 4. The maximum atomic E-state index is 12.9. The van der Waals surface area contributed by atoms with E-state index in [1.54, 1.807) is 12.1 Å². The summed E-state index contributed by atoms with van der Waals surface area (Å²) in [5.41, 5.74) is 4.90. The summed E-state index contributed by atoms with van der Waals surface area (Å²) in [6, 6.07) is 17.5. The first-order valence-corrected chi connectivity index (χ1v) is 10.2. The quantitative estimate of drug-likeness (QED) is 0.497. The minimum atomic E-state index is -0.303. The average molecular weight is 409 g/mol. The van der Waals surface area contributed by atoms with E-state index in [0.717, 1.165) is 27.6 Å². The van der Waals surface area contributed by atoms with Gasteiger partial charge in [-0.3, -0.25) is 4.79 Å². The molecule has 0 saturated heterocycles. The first kappa shape index (κ1) is 20.3. The summed E-state index contributed by atoms with van der Waals surface area (Å²) >= 11 is 0. The van der Waals surface area contributed by atoms with Gasteiger partial charge < -0.3 is 5.32 Å². The van der Waals surface area contributed by atoms with Gasteiger partial charge in [0.05, 0.1) is 11.7 Å². The maximum absolute atomic E-state index is 12.9. The highest BCUT2D eigenvalue weighted by atomic mass is 16.1. The first-order chi connectivity index (χ1) is 14.9. The van der Waals surface area contributed by atoms with Crippen LogP contribution >= 0.6 is 0 Å². The molecule has 0 saturated carbocycles. The number of rotatable bonds is 4. The van der Waals surface area contributed by atoms with Crippen molar-refractivity contribution in [2.45, 2.75) is 33.6 Å². The highest BCUT2D eigenvalue weighted by Crippen LogP contribution is 2.26. The Morgan fingerprint density at radius 1 is 1.10 bits per heavy atom. The van der Waals surface area contributed by atoms with E-state index in [2.05, 4.69) is 30.3 Å². The number of carbonyl (C=O) groups is 1. The molecule has 6 nitrogen and oxygen atoms in total. The van der Waals surface area contributed by atoms with Crippen LogP contribution in [-0.2, 0) is 0 Å². The van der Waals surface area contributed by atoms with Crippen molar-refractivity contribution >= 4 is 22.6 Å². The minimum Gasteiger partial charge on any atom is -0.305 e. The number of aromatic nitrogens is 3. The monoisotopic (exact) mass is 409 g/mol. The second kappa shape index (κ2) is 8.04. The molecule has 0 spiro atoms. The normalized spacial score (nSPS) is 11.0. The number of carbonyl (C=O) groups excluding carboxylic acids is 1. The number of fused-ring (bicyclic) bond motifs is 1. The van der Waals surface area contributed by atoms with E-state index in [9.17, 15) is 10.1 Å². The van der Waals surface area contributed by atoms with Gasteiger partial charge in [-0.2, -0.15) is 15.0 Å². The van der Waals surface area contributed by atoms with Gasteiger partial charge in [0.25, 0.3) is 5.91 Å². The van der Waals surface area contributed by atoms with E-state index < -0.39 is 0 Å². The number of anilines is 1. The van der Waals surface area contributed by atoms with Crippen molar-refractivity contribution in [3.05, 3.63) is 82.5 Å². The Bertz CT molecular complexity index is 1330. The molecule has 0 bridgehead atoms. The molecule has 2 aromatic heterocycles. The van der Waals surface area contributed by atoms with Crippen molar-refractivity contribution in [1.82, 2.24) is 14.8 Å². The van der Waals surface area contributed by atoms with Crippen LogP contribution in [-0.4, -0.2) is 20.7 Å². The van der Waals surface area contributed by atoms with Crippen molar-refractivity contribution in [2.24, 2.45) is 0 Å². The van der Waals surface area contributed by atoms with Crippen LogP contribution in [0, 0.1) is 25.2 Å². The SMILES string of the molecule is Cc1cc(-n2ncc(C#N)c2NC(=O)c2ccc(C(C)C)cc2)nc2c(C)cccc12. The summed E-state index contributed by atoms with van der Waals surface area (Å²) in [5, 5.41) is 17.8. The van der Waals surface area contributed by atoms with Gasteiger partial charge in [0.2, 0.25) is 0 Å². The van der Waals surface area contributed by atoms with Crippen molar-refractivity contribution < 1.29 is 4.79 Å². The molecule has 31 heavy (non-hydrogen) atoms. The van der Waals surface area contributed by atoms with E-state index in [4.69, 9.17) is 4.98 Å². The predicted molar refractivity (Wildman–Crippen MR) is 122 cm³/mol. The molecule has 0 radical (unpaired) electrons. The lowest BCUT2D eigenvalue weighted by atomic mass is 10.0. The fraction of sp³-hybridized carbons (Fsp3) is 0.200. The molecule has 154 valence electrons. The number of pyridine rings is 1. The van der Waals surface area contributed by atoms with Crippen LogP contribution in [0.1, 0.15) is 52.4 Å². The Kier molecular flexibility index (Phi) is 5.26. The molecule has 2 aromatic carbocycles. The van der Waals surface area contributed by atoms with E-state index in [1.165, 1.54) is 10.9 Å². The maximum Gasteiger partial charge on any atom is 0.256 e. The summed E-state index contributed by atoms with van der Waals surface area (Å²) in [5.74, 6) is 0.934. The van der Waals surface area contributed by atoms with Gasteiger partial charge in [-0.25, -0.2) is 4.98 Å². The number of aryl methyl sites for hydroxylation is 2. The summed E-state index contributed by atoms with van der Waals surface area (Å²) in [6.07, 6.45) is 1.44. The lowest BCUT2D eigenvalue weighted by Crippen LogP contribution is -2.16. The summed E-state index contributed by atoms with van der Waals surface area (Å²) in [4.78, 5) is 17.7. The van der Waals surface area contributed by atoms with E-state index >= 15 is 0 Å². The number of nitrogens with one attached hydrogen (secondary N) is 1. The number of amides is 1. The Balaban J connectivity index is 1.75. The van der Waals surface area contributed by atoms with Crippen LogP contribution in [0.5, 0.6) is 0 Å². The van der Waals surface area contributed by atoms with Gasteiger partial charge in [-0.15, -0.1) is 0 Å². The third-order valence-corrected chi connectivity index (χ3v) is 5.41. The Morgan fingerprint density at radius 2 is 1.84 bits per heavy atom. The van der Waals surface area contributed by atoms with Gasteiger partial charge in [-0.05, 0) is 54.7 Å². The zero-order chi connectivity index (χ0) is 22.1. The third-order valence-electron chi connectivity index (χ3n) is 5.41. The lowest BCUT2D eigenvalue weighted by Gasteiger charge is -2.12. The lowest BCUT2D eigenvalue weighted by molar-refractivity contribution is 0.102. The largest absolute Gasteiger partial charge is 0.305 e. The minimum absolute atomic E-state index is 0.275. The average Bonchev–Trinajstić information content (AvgIpc) is 3.17. The van der Waals surface area contributed by atoms with Gasteiger partial charge >= 0.3 is 0 Å². The van der Waals surface area contributed by atoms with Gasteiger partial charge in [0.15, 0.2) is 11.6 Å². The Labute approximate surface area is 181 Å². The van der Waals surface area contributed by atoms with Crippen molar-refractivity contribution in [1.29, 1.82) is 5.26 Å². The predicted octanol–water partition coefficient (Wildman–Crippen LogP) is 5.28. The van der Waals surface area contributed by atoms with E-state index in [1.807, 2.05) is 50.2 Å². The summed E-state index contributed by atoms with van der Waals surface area (Å²) in [7, 11) is 0. The van der Waals surface area contributed by atoms with Crippen LogP contribution in [0.4, 0.5) is 5.82 Å². The van der Waals surface area contributed by atoms with Crippen LogP contribution < -0.4 is 5.32 Å². The van der Waals surface area contributed by atoms with Gasteiger partial charge in [0, 0.05) is 10.9 Å². The zero-order valence-electron chi connectivity index (χ0n) is 18.0. The standard InChI is InChI=1S/C25H23N5O/c1-15(2)18-8-10-19(11-9-18)25(31)29-24-20(13-26)14-27-30(24)22-12-17(4)21-7-5-6-16(3)23(21)28-22/h5-12,14-15H,1-4H3,(H,29,31). The Morgan fingerprint density at radius 3 is 2.52 bits per heavy atom. The smallest absolute Gasteiger partial charge is 0.256 e. The first-order valence-electron chi connectivity index (χ1n) is 10.2. The van der Waals surface area contributed by atoms with Crippen LogP contribution in [0.2, 0.25) is 0 Å². The molecule has 4 rings (SSSR count). The molecule has 6 heteroatoms.